The third-order valence-electron chi connectivity index (χ3n) is 8.45. The number of nitrogens with zero attached hydrogens (tertiary/aromatic N) is 8. The van der Waals surface area contributed by atoms with Gasteiger partial charge < -0.3 is 33.7 Å². The molecule has 5 aromatic rings. The molecule has 2 atom stereocenters. The lowest BCUT2D eigenvalue weighted by Crippen LogP contribution is -2.49. The van der Waals surface area contributed by atoms with Crippen LogP contribution in [-0.4, -0.2) is 114 Å². The summed E-state index contributed by atoms with van der Waals surface area (Å²) in [7, 11) is 0. The number of amides is 1. The van der Waals surface area contributed by atoms with Crippen molar-refractivity contribution in [1.82, 2.24) is 40.1 Å². The van der Waals surface area contributed by atoms with E-state index in [1.807, 2.05) is 26.8 Å². The van der Waals surface area contributed by atoms with Gasteiger partial charge in [0.2, 0.25) is 5.88 Å². The number of carboxylic acid groups (broad SMARTS) is 1. The maximum Gasteiger partial charge on any atom is 0.347 e. The fraction of sp³-hybridized carbons (Fsp3) is 0.350. The summed E-state index contributed by atoms with van der Waals surface area (Å²) in [5.41, 5.74) is 0.745. The normalized spacial score (nSPS) is 14.3. The highest BCUT2D eigenvalue weighted by atomic mass is 35.5. The van der Waals surface area contributed by atoms with Crippen LogP contribution in [0.3, 0.4) is 0 Å². The van der Waals surface area contributed by atoms with Gasteiger partial charge in [0.25, 0.3) is 5.91 Å². The topological polar surface area (TPSA) is 220 Å². The van der Waals surface area contributed by atoms with Gasteiger partial charge in [-0.2, -0.15) is 0 Å². The van der Waals surface area contributed by atoms with E-state index in [-0.39, 0.29) is 58.6 Å². The molecule has 1 fully saturated rings. The van der Waals surface area contributed by atoms with Gasteiger partial charge in [0.15, 0.2) is 11.9 Å². The SMILES string of the molecule is CCOC(=O)c1c(OCC)ccnc1Cl.CCOC(=O)c1c(OCC)ccnc1O[C@@H]1CC[C@@H](C)N(C(=O)c2ccccc2-n2ncnn2)C1.O=C(O)c1c(F)ccnc1Cl. The second-order valence-corrected chi connectivity index (χ2v) is 13.1. The van der Waals surface area contributed by atoms with Crippen LogP contribution in [0.2, 0.25) is 10.3 Å². The molecule has 4 aromatic heterocycles. The molecule has 1 aliphatic rings. The number of tetrazole rings is 1. The van der Waals surface area contributed by atoms with Crippen molar-refractivity contribution in [3.05, 3.63) is 106 Å². The number of carboxylic acids is 1. The van der Waals surface area contributed by atoms with E-state index in [1.165, 1.54) is 23.5 Å². The fourth-order valence-corrected chi connectivity index (χ4v) is 6.20. The zero-order chi connectivity index (χ0) is 44.5. The number of halogens is 3. The number of pyridine rings is 3. The lowest BCUT2D eigenvalue weighted by molar-refractivity contribution is 0.0350. The van der Waals surface area contributed by atoms with Crippen LogP contribution in [0, 0.1) is 5.82 Å². The van der Waals surface area contributed by atoms with E-state index in [0.29, 0.717) is 48.9 Å². The summed E-state index contributed by atoms with van der Waals surface area (Å²) >= 11 is 11.1. The van der Waals surface area contributed by atoms with Gasteiger partial charge in [-0.3, -0.25) is 4.79 Å². The van der Waals surface area contributed by atoms with Crippen LogP contribution in [0.1, 0.15) is 88.9 Å². The number of hydrogen-bond acceptors (Lipinski definition) is 15. The van der Waals surface area contributed by atoms with Crippen LogP contribution in [-0.2, 0) is 9.47 Å². The summed E-state index contributed by atoms with van der Waals surface area (Å²) in [5.74, 6) is -2.66. The molecule has 324 valence electrons. The molecule has 1 saturated heterocycles. The molecular weight excluding hydrogens is 842 g/mol. The minimum absolute atomic E-state index is 0.00800. The number of benzene rings is 1. The second-order valence-electron chi connectivity index (χ2n) is 12.4. The van der Waals surface area contributed by atoms with Crippen LogP contribution >= 0.6 is 23.2 Å². The minimum Gasteiger partial charge on any atom is -0.493 e. The standard InChI is InChI=1S/C24H28N6O5.C10H12ClNO3.C6H3ClFNO2/c1-4-33-20-12-13-25-22(21(20)24(32)34-5-2)35-17-11-10-16(3)29(14-17)23(31)18-8-6-7-9-19(18)30-27-15-26-28-30;1-3-14-7-5-6-12-9(11)8(7)10(13)15-4-2;7-5-4(6(10)11)3(8)1-2-9-5/h6-9,12-13,15-17H,4-5,10-11,14H2,1-3H3;5-6H,3-4H2,1-2H3;1-2H,(H,10,11)/t16-,17-;;/m1../s1. The number of piperidine rings is 1. The second kappa shape index (κ2) is 23.4. The number of rotatable bonds is 13. The first-order valence-corrected chi connectivity index (χ1v) is 19.7. The predicted molar refractivity (Wildman–Crippen MR) is 217 cm³/mol. The third-order valence-corrected chi connectivity index (χ3v) is 9.02. The van der Waals surface area contributed by atoms with Gasteiger partial charge in [0, 0.05) is 24.6 Å². The molecule has 61 heavy (non-hydrogen) atoms. The Balaban J connectivity index is 0.000000257. The van der Waals surface area contributed by atoms with Crippen molar-refractivity contribution in [2.75, 3.05) is 33.0 Å². The van der Waals surface area contributed by atoms with Crippen molar-refractivity contribution in [2.45, 2.75) is 59.6 Å². The molecule has 0 unspecified atom stereocenters. The molecular formula is C40H43Cl2FN8O10. The first-order valence-electron chi connectivity index (χ1n) is 18.9. The molecule has 6 rings (SSSR count). The predicted octanol–water partition coefficient (Wildman–Crippen LogP) is 6.59. The van der Waals surface area contributed by atoms with Gasteiger partial charge in [0.1, 0.15) is 50.5 Å². The van der Waals surface area contributed by atoms with Crippen LogP contribution in [0.25, 0.3) is 5.69 Å². The summed E-state index contributed by atoms with van der Waals surface area (Å²) in [6.45, 7) is 10.8. The Morgan fingerprint density at radius 2 is 1.38 bits per heavy atom. The first-order chi connectivity index (χ1) is 29.4. The molecule has 0 bridgehead atoms. The van der Waals surface area contributed by atoms with Crippen molar-refractivity contribution in [1.29, 1.82) is 0 Å². The van der Waals surface area contributed by atoms with Crippen LogP contribution in [0.5, 0.6) is 17.4 Å². The molecule has 1 amide bonds. The van der Waals surface area contributed by atoms with Crippen LogP contribution in [0.4, 0.5) is 4.39 Å². The molecule has 5 heterocycles. The lowest BCUT2D eigenvalue weighted by Gasteiger charge is -2.38. The van der Waals surface area contributed by atoms with Crippen LogP contribution in [0.15, 0.2) is 67.4 Å². The number of esters is 2. The maximum absolute atomic E-state index is 13.6. The summed E-state index contributed by atoms with van der Waals surface area (Å²) in [6, 6.07) is 11.2. The minimum atomic E-state index is -1.42. The number of likely N-dealkylation sites (tertiary alicyclic amines) is 1. The summed E-state index contributed by atoms with van der Waals surface area (Å²) in [6.07, 6.45) is 6.47. The summed E-state index contributed by atoms with van der Waals surface area (Å²) in [5, 5.41) is 19.9. The number of ether oxygens (including phenoxy) is 5. The highest BCUT2D eigenvalue weighted by molar-refractivity contribution is 6.33. The quantitative estimate of drug-likeness (QED) is 0.0974. The number of hydrogen-bond donors (Lipinski definition) is 1. The largest absolute Gasteiger partial charge is 0.493 e. The van der Waals surface area contributed by atoms with E-state index < -0.39 is 29.3 Å². The van der Waals surface area contributed by atoms with Crippen molar-refractivity contribution in [2.24, 2.45) is 0 Å². The van der Waals surface area contributed by atoms with Gasteiger partial charge in [-0.15, -0.1) is 15.0 Å². The molecule has 1 aromatic carbocycles. The van der Waals surface area contributed by atoms with E-state index in [1.54, 1.807) is 49.1 Å². The Hall–Kier alpha value is -6.47. The number of para-hydroxylation sites is 1. The van der Waals surface area contributed by atoms with Crippen molar-refractivity contribution >= 4 is 47.0 Å². The Morgan fingerprint density at radius 1 is 0.787 bits per heavy atom. The van der Waals surface area contributed by atoms with E-state index in [0.717, 1.165) is 18.7 Å². The van der Waals surface area contributed by atoms with Crippen molar-refractivity contribution in [3.63, 3.8) is 0 Å². The summed E-state index contributed by atoms with van der Waals surface area (Å²) < 4.78 is 39.7. The molecule has 21 heteroatoms. The average molecular weight is 886 g/mol. The Labute approximate surface area is 359 Å². The highest BCUT2D eigenvalue weighted by Crippen LogP contribution is 2.31. The van der Waals surface area contributed by atoms with Crippen molar-refractivity contribution in [3.8, 4) is 23.1 Å². The summed E-state index contributed by atoms with van der Waals surface area (Å²) in [4.78, 5) is 62.6. The molecule has 0 radical (unpaired) electrons. The Morgan fingerprint density at radius 3 is 1.95 bits per heavy atom. The lowest BCUT2D eigenvalue weighted by atomic mass is 9.99. The zero-order valence-corrected chi connectivity index (χ0v) is 35.3. The number of carbonyl (C=O) groups excluding carboxylic acids is 3. The van der Waals surface area contributed by atoms with E-state index in [2.05, 4.69) is 30.4 Å². The average Bonchev–Trinajstić information content (AvgIpc) is 3.78. The van der Waals surface area contributed by atoms with Crippen molar-refractivity contribution < 1.29 is 52.4 Å². The Kier molecular flexibility index (Phi) is 18.1. The third kappa shape index (κ3) is 12.5. The number of aromatic nitrogens is 7. The molecule has 18 nitrogen and oxygen atoms in total. The monoisotopic (exact) mass is 884 g/mol. The number of aromatic carboxylic acids is 1. The smallest absolute Gasteiger partial charge is 0.347 e. The number of carbonyl (C=O) groups is 4. The van der Waals surface area contributed by atoms with Gasteiger partial charge in [0.05, 0.1) is 38.5 Å². The first kappa shape index (κ1) is 47.2. The molecule has 0 saturated carbocycles. The molecule has 0 aliphatic carbocycles. The molecule has 0 spiro atoms. The van der Waals surface area contributed by atoms with Crippen LogP contribution < -0.4 is 14.2 Å². The van der Waals surface area contributed by atoms with Gasteiger partial charge in [-0.25, -0.2) is 33.7 Å². The van der Waals surface area contributed by atoms with E-state index in [4.69, 9.17) is 52.0 Å². The highest BCUT2D eigenvalue weighted by Gasteiger charge is 2.34. The maximum atomic E-state index is 13.6. The molecule has 1 N–H and O–H groups in total. The van der Waals surface area contributed by atoms with Gasteiger partial charge in [-0.1, -0.05) is 35.3 Å². The van der Waals surface area contributed by atoms with Gasteiger partial charge in [-0.05, 0) is 83.0 Å². The fourth-order valence-electron chi connectivity index (χ4n) is 5.74. The van der Waals surface area contributed by atoms with E-state index in [9.17, 15) is 23.6 Å². The van der Waals surface area contributed by atoms with E-state index >= 15 is 0 Å². The zero-order valence-electron chi connectivity index (χ0n) is 33.8. The molecule has 1 aliphatic heterocycles. The Bertz CT molecular complexity index is 2250. The van der Waals surface area contributed by atoms with Gasteiger partial charge >= 0.3 is 17.9 Å².